The standard InChI is InChI=1S/C18H24N2O/c1-12(2)17-10-15-9-14(18(21)19(3)4)7-8-16(15)20(17)11-13-5-6-13/h7-10,12-13H,5-6,11H2,1-4H3. The van der Waals surface area contributed by atoms with Crippen LogP contribution in [0.3, 0.4) is 0 Å². The van der Waals surface area contributed by atoms with Crippen molar-refractivity contribution in [1.82, 2.24) is 9.47 Å². The van der Waals surface area contributed by atoms with Gasteiger partial charge in [0, 0.05) is 42.8 Å². The Morgan fingerprint density at radius 2 is 2.00 bits per heavy atom. The molecule has 21 heavy (non-hydrogen) atoms. The summed E-state index contributed by atoms with van der Waals surface area (Å²) in [6, 6.07) is 8.36. The maximum Gasteiger partial charge on any atom is 0.253 e. The Balaban J connectivity index is 2.07. The molecule has 1 amide bonds. The van der Waals surface area contributed by atoms with Crippen molar-refractivity contribution < 1.29 is 4.79 Å². The zero-order chi connectivity index (χ0) is 15.1. The molecule has 2 aromatic rings. The minimum absolute atomic E-state index is 0.0675. The lowest BCUT2D eigenvalue weighted by Gasteiger charge is -2.13. The highest BCUT2D eigenvalue weighted by Crippen LogP contribution is 2.35. The fraction of sp³-hybridized carbons (Fsp3) is 0.500. The monoisotopic (exact) mass is 284 g/mol. The van der Waals surface area contributed by atoms with Gasteiger partial charge in [0.1, 0.15) is 0 Å². The largest absolute Gasteiger partial charge is 0.345 e. The summed E-state index contributed by atoms with van der Waals surface area (Å²) in [5.74, 6) is 1.42. The van der Waals surface area contributed by atoms with E-state index in [4.69, 9.17) is 0 Å². The molecule has 1 heterocycles. The van der Waals surface area contributed by atoms with E-state index in [1.54, 1.807) is 19.0 Å². The molecule has 0 aliphatic heterocycles. The Bertz CT molecular complexity index is 678. The normalized spacial score (nSPS) is 14.9. The lowest BCUT2D eigenvalue weighted by atomic mass is 10.1. The zero-order valence-electron chi connectivity index (χ0n) is 13.4. The van der Waals surface area contributed by atoms with Crippen LogP contribution in [0.15, 0.2) is 24.3 Å². The van der Waals surface area contributed by atoms with E-state index in [1.807, 2.05) is 12.1 Å². The van der Waals surface area contributed by atoms with Gasteiger partial charge in [-0.25, -0.2) is 0 Å². The van der Waals surface area contributed by atoms with Crippen molar-refractivity contribution in [2.75, 3.05) is 14.1 Å². The van der Waals surface area contributed by atoms with E-state index in [1.165, 1.54) is 29.4 Å². The second-order valence-electron chi connectivity index (χ2n) is 6.75. The number of carbonyl (C=O) groups is 1. The third-order valence-electron chi connectivity index (χ3n) is 4.32. The fourth-order valence-electron chi connectivity index (χ4n) is 2.92. The van der Waals surface area contributed by atoms with E-state index >= 15 is 0 Å². The lowest BCUT2D eigenvalue weighted by Crippen LogP contribution is -2.21. The first-order valence-electron chi connectivity index (χ1n) is 7.82. The summed E-state index contributed by atoms with van der Waals surface area (Å²) in [6.07, 6.45) is 2.71. The number of carbonyl (C=O) groups excluding carboxylic acids is 1. The molecular formula is C18H24N2O. The molecule has 1 aromatic carbocycles. The molecule has 0 spiro atoms. The van der Waals surface area contributed by atoms with Crippen LogP contribution in [-0.2, 0) is 6.54 Å². The molecule has 1 saturated carbocycles. The maximum absolute atomic E-state index is 12.1. The number of rotatable bonds is 4. The van der Waals surface area contributed by atoms with Gasteiger partial charge in [0.2, 0.25) is 0 Å². The van der Waals surface area contributed by atoms with Crippen molar-refractivity contribution in [2.45, 2.75) is 39.2 Å². The molecular weight excluding hydrogens is 260 g/mol. The molecule has 0 radical (unpaired) electrons. The van der Waals surface area contributed by atoms with Crippen LogP contribution in [0.4, 0.5) is 0 Å². The third kappa shape index (κ3) is 2.69. The van der Waals surface area contributed by atoms with Crippen molar-refractivity contribution in [3.8, 4) is 0 Å². The van der Waals surface area contributed by atoms with Gasteiger partial charge in [0.05, 0.1) is 0 Å². The number of hydrogen-bond donors (Lipinski definition) is 0. The summed E-state index contributed by atoms with van der Waals surface area (Å²) in [4.78, 5) is 13.8. The van der Waals surface area contributed by atoms with Crippen LogP contribution in [0, 0.1) is 5.92 Å². The van der Waals surface area contributed by atoms with Gasteiger partial charge in [-0.05, 0) is 48.9 Å². The smallest absolute Gasteiger partial charge is 0.253 e. The van der Waals surface area contributed by atoms with Gasteiger partial charge in [-0.3, -0.25) is 4.79 Å². The van der Waals surface area contributed by atoms with Crippen LogP contribution in [-0.4, -0.2) is 29.5 Å². The fourth-order valence-corrected chi connectivity index (χ4v) is 2.92. The molecule has 1 aliphatic carbocycles. The first kappa shape index (κ1) is 14.2. The molecule has 0 bridgehead atoms. The molecule has 0 atom stereocenters. The SMILES string of the molecule is CC(C)c1cc2cc(C(=O)N(C)C)ccc2n1CC1CC1. The quantitative estimate of drug-likeness (QED) is 0.836. The predicted molar refractivity (Wildman–Crippen MR) is 86.8 cm³/mol. The van der Waals surface area contributed by atoms with Crippen LogP contribution in [0.2, 0.25) is 0 Å². The zero-order valence-corrected chi connectivity index (χ0v) is 13.4. The van der Waals surface area contributed by atoms with Gasteiger partial charge in [0.25, 0.3) is 5.91 Å². The second-order valence-corrected chi connectivity index (χ2v) is 6.75. The topological polar surface area (TPSA) is 25.2 Å². The summed E-state index contributed by atoms with van der Waals surface area (Å²) in [5.41, 5.74) is 3.42. The van der Waals surface area contributed by atoms with E-state index in [0.29, 0.717) is 5.92 Å². The Morgan fingerprint density at radius 1 is 1.29 bits per heavy atom. The van der Waals surface area contributed by atoms with Gasteiger partial charge in [-0.15, -0.1) is 0 Å². The van der Waals surface area contributed by atoms with Crippen molar-refractivity contribution in [3.63, 3.8) is 0 Å². The first-order chi connectivity index (χ1) is 9.97. The summed E-state index contributed by atoms with van der Waals surface area (Å²) in [7, 11) is 3.59. The number of benzene rings is 1. The van der Waals surface area contributed by atoms with Crippen molar-refractivity contribution >= 4 is 16.8 Å². The van der Waals surface area contributed by atoms with Gasteiger partial charge >= 0.3 is 0 Å². The third-order valence-corrected chi connectivity index (χ3v) is 4.32. The molecule has 3 rings (SSSR count). The minimum atomic E-state index is 0.0675. The molecule has 1 aliphatic rings. The number of nitrogens with zero attached hydrogens (tertiary/aromatic N) is 2. The molecule has 3 nitrogen and oxygen atoms in total. The van der Waals surface area contributed by atoms with Crippen LogP contribution >= 0.6 is 0 Å². The Labute approximate surface area is 126 Å². The van der Waals surface area contributed by atoms with Gasteiger partial charge in [-0.1, -0.05) is 13.8 Å². The summed E-state index contributed by atoms with van der Waals surface area (Å²) < 4.78 is 2.46. The van der Waals surface area contributed by atoms with E-state index < -0.39 is 0 Å². The first-order valence-corrected chi connectivity index (χ1v) is 7.82. The molecule has 0 unspecified atom stereocenters. The number of hydrogen-bond acceptors (Lipinski definition) is 1. The van der Waals surface area contributed by atoms with E-state index in [0.717, 1.165) is 18.0 Å². The highest BCUT2D eigenvalue weighted by atomic mass is 16.2. The summed E-state index contributed by atoms with van der Waals surface area (Å²) in [6.45, 7) is 5.60. The average Bonchev–Trinajstić information content (AvgIpc) is 3.18. The Morgan fingerprint density at radius 3 is 2.57 bits per heavy atom. The summed E-state index contributed by atoms with van der Waals surface area (Å²) in [5, 5.41) is 1.19. The van der Waals surface area contributed by atoms with Crippen LogP contribution in [0.1, 0.15) is 48.7 Å². The van der Waals surface area contributed by atoms with E-state index in [9.17, 15) is 4.79 Å². The van der Waals surface area contributed by atoms with Crippen molar-refractivity contribution in [3.05, 3.63) is 35.5 Å². The predicted octanol–water partition coefficient (Wildman–Crippen LogP) is 3.88. The Hall–Kier alpha value is -1.77. The van der Waals surface area contributed by atoms with Crippen LogP contribution < -0.4 is 0 Å². The average molecular weight is 284 g/mol. The van der Waals surface area contributed by atoms with Gasteiger partial charge in [0.15, 0.2) is 0 Å². The van der Waals surface area contributed by atoms with Gasteiger partial charge in [-0.2, -0.15) is 0 Å². The van der Waals surface area contributed by atoms with Crippen molar-refractivity contribution in [1.29, 1.82) is 0 Å². The maximum atomic E-state index is 12.1. The van der Waals surface area contributed by atoms with E-state index in [2.05, 4.69) is 30.5 Å². The molecule has 1 aromatic heterocycles. The molecule has 0 saturated heterocycles. The molecule has 1 fully saturated rings. The molecule has 3 heteroatoms. The molecule has 112 valence electrons. The summed E-state index contributed by atoms with van der Waals surface area (Å²) >= 11 is 0. The van der Waals surface area contributed by atoms with Crippen molar-refractivity contribution in [2.24, 2.45) is 5.92 Å². The Kier molecular flexibility index (Phi) is 3.52. The number of fused-ring (bicyclic) bond motifs is 1. The number of amides is 1. The highest BCUT2D eigenvalue weighted by molar-refractivity contribution is 5.98. The highest BCUT2D eigenvalue weighted by Gasteiger charge is 2.24. The van der Waals surface area contributed by atoms with Crippen LogP contribution in [0.5, 0.6) is 0 Å². The van der Waals surface area contributed by atoms with Crippen LogP contribution in [0.25, 0.3) is 10.9 Å². The molecule has 0 N–H and O–H groups in total. The van der Waals surface area contributed by atoms with E-state index in [-0.39, 0.29) is 5.91 Å². The second kappa shape index (κ2) is 5.21. The number of aromatic nitrogens is 1. The van der Waals surface area contributed by atoms with Gasteiger partial charge < -0.3 is 9.47 Å². The lowest BCUT2D eigenvalue weighted by molar-refractivity contribution is 0.0828. The minimum Gasteiger partial charge on any atom is -0.345 e.